The number of nitrogens with zero attached hydrogens (tertiary/aromatic N) is 1. The van der Waals surface area contributed by atoms with Gasteiger partial charge < -0.3 is 14.2 Å². The SMILES string of the molecule is COc1cc(/C=N/NC(=O)c2ccccc2OCc2ccccc2)cc(Br)c1OCc1ccccc1. The molecular weight excluding hydrogens is 520 g/mol. The Morgan fingerprint density at radius 2 is 1.44 bits per heavy atom. The van der Waals surface area contributed by atoms with Crippen molar-refractivity contribution in [2.24, 2.45) is 5.10 Å². The predicted octanol–water partition coefficient (Wildman–Crippen LogP) is 6.38. The van der Waals surface area contributed by atoms with Crippen LogP contribution in [0, 0.1) is 0 Å². The van der Waals surface area contributed by atoms with E-state index in [4.69, 9.17) is 14.2 Å². The van der Waals surface area contributed by atoms with Gasteiger partial charge in [0.1, 0.15) is 19.0 Å². The molecule has 0 atom stereocenters. The molecule has 182 valence electrons. The van der Waals surface area contributed by atoms with Crippen LogP contribution in [0.3, 0.4) is 0 Å². The summed E-state index contributed by atoms with van der Waals surface area (Å²) < 4.78 is 18.1. The molecule has 36 heavy (non-hydrogen) atoms. The van der Waals surface area contributed by atoms with Gasteiger partial charge in [0.25, 0.3) is 5.91 Å². The van der Waals surface area contributed by atoms with Gasteiger partial charge >= 0.3 is 0 Å². The Balaban J connectivity index is 1.41. The first-order valence-electron chi connectivity index (χ1n) is 11.3. The number of amides is 1. The lowest BCUT2D eigenvalue weighted by molar-refractivity contribution is 0.0950. The van der Waals surface area contributed by atoms with E-state index >= 15 is 0 Å². The number of hydrogen-bond donors (Lipinski definition) is 1. The van der Waals surface area contributed by atoms with E-state index in [2.05, 4.69) is 26.5 Å². The van der Waals surface area contributed by atoms with Gasteiger partial charge in [-0.3, -0.25) is 4.79 Å². The van der Waals surface area contributed by atoms with Crippen LogP contribution >= 0.6 is 15.9 Å². The standard InChI is InChI=1S/C29H25BrN2O4/c1-34-27-17-23(16-25(30)28(27)36-20-22-12-6-3-7-13-22)18-31-32-29(33)24-14-8-9-15-26(24)35-19-21-10-4-2-5-11-21/h2-18H,19-20H2,1H3,(H,32,33)/b31-18+. The van der Waals surface area contributed by atoms with Crippen molar-refractivity contribution >= 4 is 28.1 Å². The fourth-order valence-electron chi connectivity index (χ4n) is 3.43. The first kappa shape index (κ1) is 25.0. The molecule has 0 radical (unpaired) electrons. The maximum absolute atomic E-state index is 12.8. The first-order chi connectivity index (χ1) is 17.6. The van der Waals surface area contributed by atoms with E-state index in [0.29, 0.717) is 40.5 Å². The van der Waals surface area contributed by atoms with E-state index in [1.807, 2.05) is 72.8 Å². The van der Waals surface area contributed by atoms with Crippen LogP contribution in [0.1, 0.15) is 27.0 Å². The quantitative estimate of drug-likeness (QED) is 0.186. The van der Waals surface area contributed by atoms with Crippen molar-refractivity contribution in [3.63, 3.8) is 0 Å². The van der Waals surface area contributed by atoms with Crippen molar-refractivity contribution in [2.75, 3.05) is 7.11 Å². The molecule has 1 N–H and O–H groups in total. The number of hydrazone groups is 1. The minimum atomic E-state index is -0.372. The van der Waals surface area contributed by atoms with E-state index in [1.165, 1.54) is 0 Å². The van der Waals surface area contributed by atoms with Crippen LogP contribution < -0.4 is 19.6 Å². The molecule has 0 aliphatic heterocycles. The lowest BCUT2D eigenvalue weighted by Gasteiger charge is -2.13. The highest BCUT2D eigenvalue weighted by Gasteiger charge is 2.13. The Morgan fingerprint density at radius 3 is 2.11 bits per heavy atom. The number of rotatable bonds is 10. The maximum Gasteiger partial charge on any atom is 0.275 e. The molecule has 0 unspecified atom stereocenters. The number of ether oxygens (including phenoxy) is 3. The van der Waals surface area contributed by atoms with Gasteiger partial charge in [-0.25, -0.2) is 5.43 Å². The predicted molar refractivity (Wildman–Crippen MR) is 144 cm³/mol. The van der Waals surface area contributed by atoms with Gasteiger partial charge in [-0.2, -0.15) is 5.10 Å². The second kappa shape index (κ2) is 12.6. The summed E-state index contributed by atoms with van der Waals surface area (Å²) in [5.74, 6) is 1.25. The molecule has 7 heteroatoms. The Kier molecular flexibility index (Phi) is 8.72. The highest BCUT2D eigenvalue weighted by atomic mass is 79.9. The summed E-state index contributed by atoms with van der Waals surface area (Å²) in [6.07, 6.45) is 1.54. The fourth-order valence-corrected chi connectivity index (χ4v) is 4.00. The highest BCUT2D eigenvalue weighted by molar-refractivity contribution is 9.10. The molecule has 0 spiro atoms. The lowest BCUT2D eigenvalue weighted by atomic mass is 10.2. The summed E-state index contributed by atoms with van der Waals surface area (Å²) in [6.45, 7) is 0.770. The van der Waals surface area contributed by atoms with Crippen molar-refractivity contribution in [3.05, 3.63) is 124 Å². The summed E-state index contributed by atoms with van der Waals surface area (Å²) >= 11 is 3.55. The third-order valence-corrected chi connectivity index (χ3v) is 5.82. The lowest BCUT2D eigenvalue weighted by Crippen LogP contribution is -2.18. The number of carbonyl (C=O) groups excluding carboxylic acids is 1. The van der Waals surface area contributed by atoms with Crippen molar-refractivity contribution in [2.45, 2.75) is 13.2 Å². The average Bonchev–Trinajstić information content (AvgIpc) is 2.92. The third kappa shape index (κ3) is 6.73. The van der Waals surface area contributed by atoms with Gasteiger partial charge in [-0.05, 0) is 56.9 Å². The van der Waals surface area contributed by atoms with E-state index in [9.17, 15) is 4.79 Å². The zero-order valence-corrected chi connectivity index (χ0v) is 21.3. The van der Waals surface area contributed by atoms with Gasteiger partial charge in [0.2, 0.25) is 0 Å². The highest BCUT2D eigenvalue weighted by Crippen LogP contribution is 2.36. The van der Waals surface area contributed by atoms with Crippen LogP contribution in [0.25, 0.3) is 0 Å². The smallest absolute Gasteiger partial charge is 0.275 e. The molecular formula is C29H25BrN2O4. The Bertz CT molecular complexity index is 1330. The van der Waals surface area contributed by atoms with Crippen molar-refractivity contribution in [3.8, 4) is 17.2 Å². The molecule has 1 amide bonds. The average molecular weight is 545 g/mol. The second-order valence-electron chi connectivity index (χ2n) is 7.78. The van der Waals surface area contributed by atoms with Crippen LogP contribution in [-0.4, -0.2) is 19.2 Å². The fraction of sp³-hybridized carbons (Fsp3) is 0.103. The summed E-state index contributed by atoms with van der Waals surface area (Å²) in [5.41, 5.74) is 5.75. The molecule has 0 saturated heterocycles. The second-order valence-corrected chi connectivity index (χ2v) is 8.63. The van der Waals surface area contributed by atoms with Crippen molar-refractivity contribution in [1.82, 2.24) is 5.43 Å². The normalized spacial score (nSPS) is 10.7. The molecule has 4 rings (SSSR count). The molecule has 4 aromatic carbocycles. The summed E-state index contributed by atoms with van der Waals surface area (Å²) in [7, 11) is 1.58. The van der Waals surface area contributed by atoms with E-state index in [1.54, 1.807) is 37.6 Å². The number of para-hydroxylation sites is 1. The van der Waals surface area contributed by atoms with Gasteiger partial charge in [-0.15, -0.1) is 0 Å². The Labute approximate surface area is 218 Å². The van der Waals surface area contributed by atoms with Gasteiger partial charge in [0.15, 0.2) is 11.5 Å². The van der Waals surface area contributed by atoms with Crippen LogP contribution in [0.2, 0.25) is 0 Å². The van der Waals surface area contributed by atoms with Crippen LogP contribution in [0.5, 0.6) is 17.2 Å². The number of benzene rings is 4. The molecule has 4 aromatic rings. The molecule has 0 heterocycles. The topological polar surface area (TPSA) is 69.2 Å². The summed E-state index contributed by atoms with van der Waals surface area (Å²) in [4.78, 5) is 12.8. The number of methoxy groups -OCH3 is 1. The molecule has 0 fully saturated rings. The van der Waals surface area contributed by atoms with Crippen LogP contribution in [0.4, 0.5) is 0 Å². The number of halogens is 1. The third-order valence-electron chi connectivity index (χ3n) is 5.23. The molecule has 0 aromatic heterocycles. The zero-order chi connectivity index (χ0) is 25.2. The van der Waals surface area contributed by atoms with Crippen molar-refractivity contribution < 1.29 is 19.0 Å². The maximum atomic E-state index is 12.8. The molecule has 6 nitrogen and oxygen atoms in total. The molecule has 0 aliphatic carbocycles. The minimum Gasteiger partial charge on any atom is -0.493 e. The largest absolute Gasteiger partial charge is 0.493 e. The minimum absolute atomic E-state index is 0.362. The van der Waals surface area contributed by atoms with Crippen LogP contribution in [0.15, 0.2) is 107 Å². The zero-order valence-electron chi connectivity index (χ0n) is 19.7. The summed E-state index contributed by atoms with van der Waals surface area (Å²) in [6, 6.07) is 30.4. The Hall–Kier alpha value is -4.10. The number of nitrogens with one attached hydrogen (secondary N) is 1. The van der Waals surface area contributed by atoms with Gasteiger partial charge in [0, 0.05) is 0 Å². The van der Waals surface area contributed by atoms with E-state index in [-0.39, 0.29) is 5.91 Å². The number of hydrogen-bond acceptors (Lipinski definition) is 5. The first-order valence-corrected chi connectivity index (χ1v) is 12.1. The van der Waals surface area contributed by atoms with Crippen LogP contribution in [-0.2, 0) is 13.2 Å². The van der Waals surface area contributed by atoms with Gasteiger partial charge in [0.05, 0.1) is 23.4 Å². The van der Waals surface area contributed by atoms with Crippen molar-refractivity contribution in [1.29, 1.82) is 0 Å². The molecule has 0 bridgehead atoms. The van der Waals surface area contributed by atoms with Gasteiger partial charge in [-0.1, -0.05) is 72.8 Å². The molecule has 0 saturated carbocycles. The Morgan fingerprint density at radius 1 is 0.833 bits per heavy atom. The monoisotopic (exact) mass is 544 g/mol. The van der Waals surface area contributed by atoms with E-state index in [0.717, 1.165) is 16.7 Å². The summed E-state index contributed by atoms with van der Waals surface area (Å²) in [5, 5.41) is 4.12. The number of carbonyl (C=O) groups is 1. The van der Waals surface area contributed by atoms with E-state index < -0.39 is 0 Å². The molecule has 0 aliphatic rings.